The molecule has 1 aliphatic heterocycles. The minimum Gasteiger partial charge on any atom is -0.228 e. The fraction of sp³-hybridized carbons (Fsp3) is 0. The summed E-state index contributed by atoms with van der Waals surface area (Å²) in [5.41, 5.74) is 10.2. The molecular weight excluding hydrogens is 705 g/mol. The third-order valence-corrected chi connectivity index (χ3v) is 16.7. The molecular formula is C54H36N2Si. The molecule has 0 saturated carbocycles. The molecule has 2 heterocycles. The van der Waals surface area contributed by atoms with E-state index in [9.17, 15) is 0 Å². The number of fused-ring (bicyclic) bond motifs is 5. The summed E-state index contributed by atoms with van der Waals surface area (Å²) in [6.07, 6.45) is 0. The van der Waals surface area contributed by atoms with Gasteiger partial charge in [0.05, 0.1) is 11.4 Å². The zero-order valence-electron chi connectivity index (χ0n) is 31.2. The van der Waals surface area contributed by atoms with Crippen LogP contribution in [-0.4, -0.2) is 18.0 Å². The minimum absolute atomic E-state index is 0.720. The van der Waals surface area contributed by atoms with Gasteiger partial charge in [-0.15, -0.1) is 0 Å². The molecule has 2 nitrogen and oxygen atoms in total. The Morgan fingerprint density at radius 2 is 0.719 bits per heavy atom. The van der Waals surface area contributed by atoms with Crippen molar-refractivity contribution in [2.45, 2.75) is 0 Å². The summed E-state index contributed by atoms with van der Waals surface area (Å²) in [5.74, 6) is 0.720. The van der Waals surface area contributed by atoms with Crippen LogP contribution in [0.1, 0.15) is 0 Å². The Kier molecular flexibility index (Phi) is 7.87. The van der Waals surface area contributed by atoms with Gasteiger partial charge in [0, 0.05) is 16.7 Å². The van der Waals surface area contributed by atoms with Gasteiger partial charge >= 0.3 is 0 Å². The van der Waals surface area contributed by atoms with Gasteiger partial charge in [0.2, 0.25) is 0 Å². The van der Waals surface area contributed by atoms with Gasteiger partial charge in [-0.2, -0.15) is 0 Å². The zero-order valence-corrected chi connectivity index (χ0v) is 32.2. The third kappa shape index (κ3) is 5.17. The van der Waals surface area contributed by atoms with Crippen molar-refractivity contribution in [1.29, 1.82) is 0 Å². The van der Waals surface area contributed by atoms with Gasteiger partial charge in [0.25, 0.3) is 0 Å². The van der Waals surface area contributed by atoms with Crippen LogP contribution in [0.15, 0.2) is 218 Å². The maximum Gasteiger partial charge on any atom is 0.181 e. The molecule has 1 aromatic heterocycles. The highest BCUT2D eigenvalue weighted by Crippen LogP contribution is 2.45. The van der Waals surface area contributed by atoms with Crippen molar-refractivity contribution < 1.29 is 0 Å². The lowest BCUT2D eigenvalue weighted by Gasteiger charge is -2.33. The number of aromatic nitrogens is 2. The van der Waals surface area contributed by atoms with Crippen LogP contribution in [0.4, 0.5) is 0 Å². The Labute approximate surface area is 333 Å². The highest BCUT2D eigenvalue weighted by molar-refractivity contribution is 7.22. The van der Waals surface area contributed by atoms with Crippen molar-refractivity contribution in [2.24, 2.45) is 0 Å². The highest BCUT2D eigenvalue weighted by atomic mass is 28.3. The Balaban J connectivity index is 1.26. The number of hydrogen-bond acceptors (Lipinski definition) is 2. The first-order chi connectivity index (χ1) is 28.3. The van der Waals surface area contributed by atoms with E-state index in [0.717, 1.165) is 44.7 Å². The van der Waals surface area contributed by atoms with Crippen molar-refractivity contribution in [1.82, 2.24) is 9.97 Å². The molecule has 0 spiro atoms. The monoisotopic (exact) mass is 740 g/mol. The number of hydrogen-bond donors (Lipinski definition) is 0. The van der Waals surface area contributed by atoms with E-state index in [1.54, 1.807) is 0 Å². The van der Waals surface area contributed by atoms with Crippen molar-refractivity contribution in [3.63, 3.8) is 0 Å². The first-order valence-corrected chi connectivity index (χ1v) is 21.6. The van der Waals surface area contributed by atoms with Gasteiger partial charge in [0.1, 0.15) is 0 Å². The molecule has 0 radical (unpaired) electrons. The van der Waals surface area contributed by atoms with Crippen LogP contribution in [0.2, 0.25) is 0 Å². The first kappa shape index (κ1) is 33.2. The van der Waals surface area contributed by atoms with Crippen LogP contribution in [0.5, 0.6) is 0 Å². The lowest BCUT2D eigenvalue weighted by atomic mass is 9.87. The molecule has 0 atom stereocenters. The minimum atomic E-state index is -2.82. The van der Waals surface area contributed by atoms with Gasteiger partial charge in [-0.25, -0.2) is 9.97 Å². The van der Waals surface area contributed by atoms with Gasteiger partial charge in [0.15, 0.2) is 13.9 Å². The van der Waals surface area contributed by atoms with Crippen LogP contribution in [-0.2, 0) is 0 Å². The summed E-state index contributed by atoms with van der Waals surface area (Å²) in [5, 5.41) is 10.3. The number of nitrogens with zero attached hydrogens (tertiary/aromatic N) is 2. The molecule has 0 N–H and O–H groups in total. The van der Waals surface area contributed by atoms with Crippen LogP contribution < -0.4 is 20.7 Å². The van der Waals surface area contributed by atoms with E-state index in [2.05, 4.69) is 218 Å². The average molecular weight is 741 g/mol. The van der Waals surface area contributed by atoms with Gasteiger partial charge in [-0.3, -0.25) is 0 Å². The van der Waals surface area contributed by atoms with Crippen LogP contribution in [0.3, 0.4) is 0 Å². The Morgan fingerprint density at radius 1 is 0.316 bits per heavy atom. The van der Waals surface area contributed by atoms with Gasteiger partial charge < -0.3 is 0 Å². The van der Waals surface area contributed by atoms with Gasteiger partial charge in [-0.1, -0.05) is 212 Å². The van der Waals surface area contributed by atoms with E-state index in [-0.39, 0.29) is 0 Å². The summed E-state index contributed by atoms with van der Waals surface area (Å²) in [6.45, 7) is 0. The van der Waals surface area contributed by atoms with Crippen LogP contribution >= 0.6 is 0 Å². The summed E-state index contributed by atoms with van der Waals surface area (Å²) in [6, 6.07) is 79.6. The molecule has 0 bridgehead atoms. The number of benzene rings is 9. The molecule has 3 heteroatoms. The van der Waals surface area contributed by atoms with Crippen LogP contribution in [0.25, 0.3) is 77.7 Å². The normalized spacial score (nSPS) is 12.7. The summed E-state index contributed by atoms with van der Waals surface area (Å²) in [4.78, 5) is 10.8. The Bertz CT molecular complexity index is 2950. The SMILES string of the molecule is c1ccc(-c2cc(-c3ccccc3)nc(-c3c4ccccc4c(-c4cccc5c4[Si](c4ccccc4)(c4ccccc4)c4ccccc4-5)c4ccccc34)n2)cc1. The number of rotatable bonds is 6. The first-order valence-electron chi connectivity index (χ1n) is 19.6. The molecule has 10 aromatic rings. The second-order valence-corrected chi connectivity index (χ2v) is 18.5. The maximum absolute atomic E-state index is 5.39. The predicted molar refractivity (Wildman–Crippen MR) is 241 cm³/mol. The lowest BCUT2D eigenvalue weighted by Crippen LogP contribution is -2.73. The fourth-order valence-corrected chi connectivity index (χ4v) is 14.8. The lowest BCUT2D eigenvalue weighted by molar-refractivity contribution is 1.19. The van der Waals surface area contributed by atoms with Crippen LogP contribution in [0, 0.1) is 0 Å². The second kappa shape index (κ2) is 13.5. The zero-order chi connectivity index (χ0) is 37.8. The van der Waals surface area contributed by atoms with E-state index in [1.165, 1.54) is 53.8 Å². The fourth-order valence-electron chi connectivity index (χ4n) is 9.44. The molecule has 0 fully saturated rings. The summed E-state index contributed by atoms with van der Waals surface area (Å²) < 4.78 is 0. The molecule has 1 aliphatic rings. The topological polar surface area (TPSA) is 25.8 Å². The van der Waals surface area contributed by atoms with E-state index < -0.39 is 8.07 Å². The molecule has 0 unspecified atom stereocenters. The van der Waals surface area contributed by atoms with Crippen molar-refractivity contribution in [3.05, 3.63) is 218 Å². The van der Waals surface area contributed by atoms with E-state index >= 15 is 0 Å². The Morgan fingerprint density at radius 3 is 1.25 bits per heavy atom. The Hall–Kier alpha value is -7.20. The summed E-state index contributed by atoms with van der Waals surface area (Å²) >= 11 is 0. The van der Waals surface area contributed by atoms with Crippen molar-refractivity contribution >= 4 is 50.4 Å². The smallest absolute Gasteiger partial charge is 0.181 e. The van der Waals surface area contributed by atoms with Gasteiger partial charge in [-0.05, 0) is 70.6 Å². The third-order valence-electron chi connectivity index (χ3n) is 11.8. The van der Waals surface area contributed by atoms with E-state index in [1.807, 2.05) is 0 Å². The molecule has 266 valence electrons. The summed E-state index contributed by atoms with van der Waals surface area (Å²) in [7, 11) is -2.82. The maximum atomic E-state index is 5.39. The quantitative estimate of drug-likeness (QED) is 0.125. The largest absolute Gasteiger partial charge is 0.228 e. The highest BCUT2D eigenvalue weighted by Gasteiger charge is 2.50. The molecule has 0 saturated heterocycles. The second-order valence-electron chi connectivity index (χ2n) is 14.8. The molecule has 11 rings (SSSR count). The molecule has 57 heavy (non-hydrogen) atoms. The average Bonchev–Trinajstić information content (AvgIpc) is 3.61. The standard InChI is InChI=1S/C54H36N2Si/c1-5-20-37(21-6-1)48-36-49(38-22-7-2-8-23-38)56-54(55-48)52-44-31-15-13-29-42(44)51(43-30-14-16-32-45(43)52)47-34-19-33-46-41-28-17-18-35-50(41)57(53(46)47,39-24-9-3-10-25-39)40-26-11-4-12-27-40/h1-36H. The predicted octanol–water partition coefficient (Wildman–Crippen LogP) is 10.8. The van der Waals surface area contributed by atoms with Crippen molar-refractivity contribution in [3.8, 4) is 56.2 Å². The molecule has 9 aromatic carbocycles. The van der Waals surface area contributed by atoms with E-state index in [0.29, 0.717) is 0 Å². The van der Waals surface area contributed by atoms with E-state index in [4.69, 9.17) is 9.97 Å². The molecule has 0 amide bonds. The molecule has 0 aliphatic carbocycles. The van der Waals surface area contributed by atoms with Crippen molar-refractivity contribution in [2.75, 3.05) is 0 Å².